The average molecular weight is 286 g/mol. The summed E-state index contributed by atoms with van der Waals surface area (Å²) >= 11 is 11.7. The maximum Gasteiger partial charge on any atom is 0.274 e. The first-order valence-corrected chi connectivity index (χ1v) is 6.23. The van der Waals surface area contributed by atoms with Crippen LogP contribution in [0.4, 0.5) is 0 Å². The van der Waals surface area contributed by atoms with E-state index >= 15 is 0 Å². The van der Waals surface area contributed by atoms with Crippen LogP contribution in [0.15, 0.2) is 12.1 Å². The maximum absolute atomic E-state index is 12.3. The van der Waals surface area contributed by atoms with Gasteiger partial charge in [-0.05, 0) is 26.0 Å². The van der Waals surface area contributed by atoms with Gasteiger partial charge in [-0.2, -0.15) is 5.26 Å². The van der Waals surface area contributed by atoms with Crippen molar-refractivity contribution in [1.29, 1.82) is 5.26 Å². The molecule has 1 aromatic rings. The lowest BCUT2D eigenvalue weighted by Gasteiger charge is -2.25. The normalized spacial score (nSPS) is 10.2. The quantitative estimate of drug-likeness (QED) is 0.799. The number of amides is 1. The highest BCUT2D eigenvalue weighted by Gasteiger charge is 2.22. The van der Waals surface area contributed by atoms with Crippen LogP contribution >= 0.6 is 23.2 Å². The van der Waals surface area contributed by atoms with Crippen molar-refractivity contribution in [3.8, 4) is 6.07 Å². The van der Waals surface area contributed by atoms with E-state index in [9.17, 15) is 4.79 Å². The third kappa shape index (κ3) is 3.59. The molecule has 4 nitrogen and oxygen atoms in total. The van der Waals surface area contributed by atoms with Crippen LogP contribution in [-0.2, 0) is 0 Å². The number of carbonyl (C=O) groups is 1. The smallest absolute Gasteiger partial charge is 0.274 e. The second kappa shape index (κ2) is 6.58. The third-order valence-electron chi connectivity index (χ3n) is 2.36. The third-order valence-corrected chi connectivity index (χ3v) is 2.88. The minimum absolute atomic E-state index is 0.0392. The van der Waals surface area contributed by atoms with Crippen molar-refractivity contribution in [3.05, 3.63) is 28.0 Å². The Morgan fingerprint density at radius 1 is 1.50 bits per heavy atom. The van der Waals surface area contributed by atoms with E-state index < -0.39 is 0 Å². The van der Waals surface area contributed by atoms with Gasteiger partial charge in [-0.3, -0.25) is 4.79 Å². The highest BCUT2D eigenvalue weighted by Crippen LogP contribution is 2.19. The van der Waals surface area contributed by atoms with Crippen molar-refractivity contribution in [2.75, 3.05) is 6.54 Å². The van der Waals surface area contributed by atoms with Crippen LogP contribution in [0.2, 0.25) is 10.2 Å². The van der Waals surface area contributed by atoms with Crippen molar-refractivity contribution in [1.82, 2.24) is 9.88 Å². The van der Waals surface area contributed by atoms with Gasteiger partial charge < -0.3 is 4.90 Å². The van der Waals surface area contributed by atoms with Gasteiger partial charge in [0.1, 0.15) is 10.8 Å². The Kier molecular flexibility index (Phi) is 5.39. The molecule has 1 rings (SSSR count). The molecule has 0 radical (unpaired) electrons. The Labute approximate surface area is 116 Å². The summed E-state index contributed by atoms with van der Waals surface area (Å²) in [7, 11) is 0. The summed E-state index contributed by atoms with van der Waals surface area (Å²) < 4.78 is 0. The fraction of sp³-hybridized carbons (Fsp3) is 0.417. The molecular weight excluding hydrogens is 273 g/mol. The van der Waals surface area contributed by atoms with E-state index in [4.69, 9.17) is 28.5 Å². The molecule has 0 bridgehead atoms. The largest absolute Gasteiger partial charge is 0.334 e. The molecule has 0 aliphatic heterocycles. The lowest BCUT2D eigenvalue weighted by molar-refractivity contribution is 0.0704. The molecule has 0 saturated heterocycles. The number of halogens is 2. The lowest BCUT2D eigenvalue weighted by atomic mass is 10.2. The Balaban J connectivity index is 3.02. The molecule has 0 atom stereocenters. The molecule has 96 valence electrons. The fourth-order valence-electron chi connectivity index (χ4n) is 1.47. The minimum atomic E-state index is -0.312. The molecule has 0 unspecified atom stereocenters. The predicted octanol–water partition coefficient (Wildman–Crippen LogP) is 3.15. The van der Waals surface area contributed by atoms with E-state index in [1.54, 1.807) is 4.90 Å². The standard InChI is InChI=1S/C12H13Cl2N3O/c1-8(2)17(7-3-6-15)12(18)11-9(13)4-5-10(14)16-11/h4-5,8H,3,7H2,1-2H3. The van der Waals surface area contributed by atoms with Crippen LogP contribution in [0.25, 0.3) is 0 Å². The molecule has 18 heavy (non-hydrogen) atoms. The Morgan fingerprint density at radius 2 is 2.17 bits per heavy atom. The molecule has 0 fully saturated rings. The summed E-state index contributed by atoms with van der Waals surface area (Å²) in [6.07, 6.45) is 0.266. The van der Waals surface area contributed by atoms with Crippen molar-refractivity contribution in [2.24, 2.45) is 0 Å². The molecule has 6 heteroatoms. The van der Waals surface area contributed by atoms with Gasteiger partial charge in [0.05, 0.1) is 17.5 Å². The molecule has 0 aliphatic rings. The maximum atomic E-state index is 12.3. The molecular formula is C12H13Cl2N3O. The van der Waals surface area contributed by atoms with Crippen LogP contribution in [0.1, 0.15) is 30.8 Å². The second-order valence-electron chi connectivity index (χ2n) is 3.96. The van der Waals surface area contributed by atoms with Gasteiger partial charge in [-0.1, -0.05) is 23.2 Å². The molecule has 1 heterocycles. The topological polar surface area (TPSA) is 57.0 Å². The van der Waals surface area contributed by atoms with E-state index in [0.29, 0.717) is 6.54 Å². The molecule has 0 N–H and O–H groups in total. The number of carbonyl (C=O) groups excluding carboxylic acids is 1. The van der Waals surface area contributed by atoms with Crippen molar-refractivity contribution >= 4 is 29.1 Å². The van der Waals surface area contributed by atoms with E-state index in [1.165, 1.54) is 12.1 Å². The number of nitriles is 1. The number of aromatic nitrogens is 1. The Morgan fingerprint density at radius 3 is 2.72 bits per heavy atom. The van der Waals surface area contributed by atoms with Crippen LogP contribution in [0.5, 0.6) is 0 Å². The number of pyridine rings is 1. The molecule has 0 saturated carbocycles. The Bertz CT molecular complexity index is 483. The van der Waals surface area contributed by atoms with Crippen LogP contribution in [-0.4, -0.2) is 28.4 Å². The fourth-order valence-corrected chi connectivity index (χ4v) is 1.80. The number of hydrogen-bond acceptors (Lipinski definition) is 3. The summed E-state index contributed by atoms with van der Waals surface area (Å²) in [6, 6.07) is 5.03. The van der Waals surface area contributed by atoms with Gasteiger partial charge in [0.2, 0.25) is 0 Å². The molecule has 0 aliphatic carbocycles. The van der Waals surface area contributed by atoms with Crippen molar-refractivity contribution in [3.63, 3.8) is 0 Å². The number of nitrogens with zero attached hydrogens (tertiary/aromatic N) is 3. The summed E-state index contributed by atoms with van der Waals surface area (Å²) in [6.45, 7) is 4.08. The van der Waals surface area contributed by atoms with Crippen LogP contribution < -0.4 is 0 Å². The first-order valence-electron chi connectivity index (χ1n) is 5.47. The summed E-state index contributed by atoms with van der Waals surface area (Å²) in [5.41, 5.74) is 0.121. The van der Waals surface area contributed by atoms with Gasteiger partial charge in [0.15, 0.2) is 0 Å². The minimum Gasteiger partial charge on any atom is -0.334 e. The summed E-state index contributed by atoms with van der Waals surface area (Å²) in [5, 5.41) is 9.07. The predicted molar refractivity (Wildman–Crippen MR) is 70.7 cm³/mol. The van der Waals surface area contributed by atoms with Gasteiger partial charge in [-0.25, -0.2) is 4.98 Å². The number of rotatable bonds is 4. The molecule has 0 spiro atoms. The van der Waals surface area contributed by atoms with E-state index in [0.717, 1.165) is 0 Å². The van der Waals surface area contributed by atoms with Gasteiger partial charge >= 0.3 is 0 Å². The zero-order chi connectivity index (χ0) is 13.7. The second-order valence-corrected chi connectivity index (χ2v) is 4.76. The van der Waals surface area contributed by atoms with Gasteiger partial charge in [0, 0.05) is 12.6 Å². The monoisotopic (exact) mass is 285 g/mol. The zero-order valence-electron chi connectivity index (χ0n) is 10.2. The SMILES string of the molecule is CC(C)N(CCC#N)C(=O)c1nc(Cl)ccc1Cl. The molecule has 0 aromatic carbocycles. The molecule has 1 amide bonds. The molecule has 1 aromatic heterocycles. The van der Waals surface area contributed by atoms with Crippen molar-refractivity contribution in [2.45, 2.75) is 26.3 Å². The van der Waals surface area contributed by atoms with E-state index in [2.05, 4.69) is 4.98 Å². The summed E-state index contributed by atoms with van der Waals surface area (Å²) in [5.74, 6) is -0.312. The highest BCUT2D eigenvalue weighted by molar-refractivity contribution is 6.34. The van der Waals surface area contributed by atoms with Crippen LogP contribution in [0.3, 0.4) is 0 Å². The van der Waals surface area contributed by atoms with Gasteiger partial charge in [0.25, 0.3) is 5.91 Å². The Hall–Kier alpha value is -1.31. The van der Waals surface area contributed by atoms with E-state index in [-0.39, 0.29) is 34.2 Å². The first kappa shape index (κ1) is 14.7. The van der Waals surface area contributed by atoms with Crippen LogP contribution in [0, 0.1) is 11.3 Å². The van der Waals surface area contributed by atoms with Gasteiger partial charge in [-0.15, -0.1) is 0 Å². The average Bonchev–Trinajstić information content (AvgIpc) is 2.32. The lowest BCUT2D eigenvalue weighted by Crippen LogP contribution is -2.38. The zero-order valence-corrected chi connectivity index (χ0v) is 11.7. The van der Waals surface area contributed by atoms with E-state index in [1.807, 2.05) is 19.9 Å². The highest BCUT2D eigenvalue weighted by atomic mass is 35.5. The number of hydrogen-bond donors (Lipinski definition) is 0. The van der Waals surface area contributed by atoms with Crippen molar-refractivity contribution < 1.29 is 4.79 Å². The summed E-state index contributed by atoms with van der Waals surface area (Å²) in [4.78, 5) is 17.8. The first-order chi connectivity index (χ1) is 8.47.